The molecule has 0 saturated carbocycles. The Kier molecular flexibility index (Phi) is 4.45. The van der Waals surface area contributed by atoms with Gasteiger partial charge in [0.25, 0.3) is 11.8 Å². The van der Waals surface area contributed by atoms with Gasteiger partial charge in [0.15, 0.2) is 0 Å². The van der Waals surface area contributed by atoms with E-state index in [0.717, 1.165) is 12.1 Å². The molecule has 0 radical (unpaired) electrons. The standard InChI is InChI=1S/C13H10F3N3O2S/c1-7-17-10(6-22-7)12(21)19-18-11(20)8-3-2-4-9(5-8)13(14,15)16/h2-6H,1H3,(H,18,20)(H,19,21). The Morgan fingerprint density at radius 3 is 2.45 bits per heavy atom. The molecule has 0 unspecified atom stereocenters. The number of aromatic nitrogens is 1. The van der Waals surface area contributed by atoms with Crippen LogP contribution in [0.5, 0.6) is 0 Å². The Morgan fingerprint density at radius 1 is 1.18 bits per heavy atom. The average Bonchev–Trinajstić information content (AvgIpc) is 2.90. The number of hydrazine groups is 1. The normalized spacial score (nSPS) is 11.1. The largest absolute Gasteiger partial charge is 0.416 e. The van der Waals surface area contributed by atoms with Gasteiger partial charge in [-0.3, -0.25) is 20.4 Å². The minimum Gasteiger partial charge on any atom is -0.267 e. The number of thiazole rings is 1. The molecule has 116 valence electrons. The Balaban J connectivity index is 2.02. The molecule has 1 heterocycles. The lowest BCUT2D eigenvalue weighted by Crippen LogP contribution is -2.41. The second kappa shape index (κ2) is 6.14. The molecule has 2 amide bonds. The van der Waals surface area contributed by atoms with Crippen molar-refractivity contribution in [3.05, 3.63) is 51.5 Å². The van der Waals surface area contributed by atoms with Crippen molar-refractivity contribution in [1.82, 2.24) is 15.8 Å². The summed E-state index contributed by atoms with van der Waals surface area (Å²) >= 11 is 1.26. The number of rotatable bonds is 2. The van der Waals surface area contributed by atoms with E-state index in [0.29, 0.717) is 11.1 Å². The van der Waals surface area contributed by atoms with Crippen LogP contribution < -0.4 is 10.9 Å². The van der Waals surface area contributed by atoms with Crippen molar-refractivity contribution in [2.24, 2.45) is 0 Å². The highest BCUT2D eigenvalue weighted by molar-refractivity contribution is 7.09. The van der Waals surface area contributed by atoms with Crippen molar-refractivity contribution in [2.45, 2.75) is 13.1 Å². The van der Waals surface area contributed by atoms with Crippen LogP contribution in [0.15, 0.2) is 29.6 Å². The molecule has 0 fully saturated rings. The molecule has 0 bridgehead atoms. The van der Waals surface area contributed by atoms with Gasteiger partial charge in [-0.15, -0.1) is 11.3 Å². The van der Waals surface area contributed by atoms with Crippen molar-refractivity contribution < 1.29 is 22.8 Å². The minimum atomic E-state index is -4.54. The van der Waals surface area contributed by atoms with Crippen LogP contribution >= 0.6 is 11.3 Å². The fourth-order valence-electron chi connectivity index (χ4n) is 1.55. The molecule has 22 heavy (non-hydrogen) atoms. The number of benzene rings is 1. The average molecular weight is 329 g/mol. The number of aryl methyl sites for hydroxylation is 1. The fourth-order valence-corrected chi connectivity index (χ4v) is 2.15. The van der Waals surface area contributed by atoms with Crippen LogP contribution in [-0.2, 0) is 6.18 Å². The molecule has 2 N–H and O–H groups in total. The number of amides is 2. The molecule has 0 aliphatic heterocycles. The number of nitrogens with one attached hydrogen (secondary N) is 2. The number of halogens is 3. The van der Waals surface area contributed by atoms with Crippen LogP contribution in [0.1, 0.15) is 31.4 Å². The summed E-state index contributed by atoms with van der Waals surface area (Å²) in [5.41, 5.74) is 3.09. The van der Waals surface area contributed by atoms with Crippen molar-refractivity contribution >= 4 is 23.2 Å². The fraction of sp³-hybridized carbons (Fsp3) is 0.154. The van der Waals surface area contributed by atoms with E-state index >= 15 is 0 Å². The van der Waals surface area contributed by atoms with Gasteiger partial charge in [-0.05, 0) is 25.1 Å². The van der Waals surface area contributed by atoms with Gasteiger partial charge in [0, 0.05) is 10.9 Å². The molecule has 9 heteroatoms. The molecule has 0 spiro atoms. The number of carbonyl (C=O) groups excluding carboxylic acids is 2. The van der Waals surface area contributed by atoms with E-state index in [1.165, 1.54) is 22.8 Å². The Hall–Kier alpha value is -2.42. The smallest absolute Gasteiger partial charge is 0.267 e. The summed E-state index contributed by atoms with van der Waals surface area (Å²) in [7, 11) is 0. The molecule has 0 saturated heterocycles. The molecular weight excluding hydrogens is 319 g/mol. The van der Waals surface area contributed by atoms with Gasteiger partial charge in [-0.2, -0.15) is 13.2 Å². The zero-order valence-corrected chi connectivity index (χ0v) is 12.0. The summed E-state index contributed by atoms with van der Waals surface area (Å²) in [5, 5.41) is 2.18. The Bertz CT molecular complexity index is 713. The summed E-state index contributed by atoms with van der Waals surface area (Å²) in [6, 6.07) is 3.88. The first-order valence-corrected chi connectivity index (χ1v) is 6.85. The van der Waals surface area contributed by atoms with E-state index in [4.69, 9.17) is 0 Å². The molecule has 0 aliphatic rings. The van der Waals surface area contributed by atoms with Crippen molar-refractivity contribution in [1.29, 1.82) is 0 Å². The lowest BCUT2D eigenvalue weighted by atomic mass is 10.1. The highest BCUT2D eigenvalue weighted by Crippen LogP contribution is 2.29. The number of carbonyl (C=O) groups is 2. The molecule has 1 aromatic heterocycles. The number of nitrogens with zero attached hydrogens (tertiary/aromatic N) is 1. The Labute approximate surface area is 127 Å². The maximum Gasteiger partial charge on any atom is 0.416 e. The van der Waals surface area contributed by atoms with E-state index in [-0.39, 0.29) is 11.3 Å². The quantitative estimate of drug-likeness (QED) is 0.832. The minimum absolute atomic E-state index is 0.117. The highest BCUT2D eigenvalue weighted by atomic mass is 32.1. The Morgan fingerprint density at radius 2 is 1.86 bits per heavy atom. The summed E-state index contributed by atoms with van der Waals surface area (Å²) in [4.78, 5) is 27.3. The van der Waals surface area contributed by atoms with E-state index in [1.807, 2.05) is 5.43 Å². The van der Waals surface area contributed by atoms with Gasteiger partial charge in [0.1, 0.15) is 5.69 Å². The molecule has 5 nitrogen and oxygen atoms in total. The van der Waals surface area contributed by atoms with E-state index in [1.54, 1.807) is 6.92 Å². The van der Waals surface area contributed by atoms with E-state index < -0.39 is 23.6 Å². The van der Waals surface area contributed by atoms with Gasteiger partial charge in [-0.25, -0.2) is 4.98 Å². The van der Waals surface area contributed by atoms with Gasteiger partial charge in [0.2, 0.25) is 0 Å². The lowest BCUT2D eigenvalue weighted by molar-refractivity contribution is -0.137. The van der Waals surface area contributed by atoms with Crippen LogP contribution in [0.2, 0.25) is 0 Å². The number of hydrogen-bond donors (Lipinski definition) is 2. The molecule has 1 aromatic carbocycles. The first kappa shape index (κ1) is 16.0. The predicted octanol–water partition coefficient (Wildman–Crippen LogP) is 2.55. The van der Waals surface area contributed by atoms with Crippen LogP contribution in [0.3, 0.4) is 0 Å². The van der Waals surface area contributed by atoms with E-state index in [2.05, 4.69) is 10.4 Å². The second-order valence-electron chi connectivity index (χ2n) is 4.24. The molecule has 0 atom stereocenters. The summed E-state index contributed by atoms with van der Waals surface area (Å²) in [6.45, 7) is 1.71. The van der Waals surface area contributed by atoms with Gasteiger partial charge in [0.05, 0.1) is 10.6 Å². The summed E-state index contributed by atoms with van der Waals surface area (Å²) < 4.78 is 37.7. The van der Waals surface area contributed by atoms with Gasteiger partial charge < -0.3 is 0 Å². The first-order valence-electron chi connectivity index (χ1n) is 5.97. The topological polar surface area (TPSA) is 71.1 Å². The van der Waals surface area contributed by atoms with Crippen molar-refractivity contribution in [2.75, 3.05) is 0 Å². The summed E-state index contributed by atoms with van der Waals surface area (Å²) in [5.74, 6) is -1.50. The summed E-state index contributed by atoms with van der Waals surface area (Å²) in [6.07, 6.45) is -4.54. The highest BCUT2D eigenvalue weighted by Gasteiger charge is 2.30. The molecule has 2 rings (SSSR count). The first-order chi connectivity index (χ1) is 10.3. The molecule has 2 aromatic rings. The van der Waals surface area contributed by atoms with Crippen molar-refractivity contribution in [3.63, 3.8) is 0 Å². The van der Waals surface area contributed by atoms with Crippen LogP contribution in [0.4, 0.5) is 13.2 Å². The SMILES string of the molecule is Cc1nc(C(=O)NNC(=O)c2cccc(C(F)(F)F)c2)cs1. The predicted molar refractivity (Wildman–Crippen MR) is 73.2 cm³/mol. The number of alkyl halides is 3. The zero-order chi connectivity index (χ0) is 16.3. The van der Waals surface area contributed by atoms with Gasteiger partial charge in [-0.1, -0.05) is 6.07 Å². The van der Waals surface area contributed by atoms with Crippen molar-refractivity contribution in [3.8, 4) is 0 Å². The van der Waals surface area contributed by atoms with Gasteiger partial charge >= 0.3 is 6.18 Å². The zero-order valence-electron chi connectivity index (χ0n) is 11.2. The molecule has 0 aliphatic carbocycles. The van der Waals surface area contributed by atoms with Crippen LogP contribution in [0, 0.1) is 6.92 Å². The lowest BCUT2D eigenvalue weighted by Gasteiger charge is -2.09. The third kappa shape index (κ3) is 3.82. The van der Waals surface area contributed by atoms with E-state index in [9.17, 15) is 22.8 Å². The number of hydrogen-bond acceptors (Lipinski definition) is 4. The van der Waals surface area contributed by atoms with Crippen LogP contribution in [0.25, 0.3) is 0 Å². The molecular formula is C13H10F3N3O2S. The maximum atomic E-state index is 12.6. The maximum absolute atomic E-state index is 12.6. The second-order valence-corrected chi connectivity index (χ2v) is 5.30. The third-order valence-corrected chi connectivity index (χ3v) is 3.37. The van der Waals surface area contributed by atoms with Crippen LogP contribution in [-0.4, -0.2) is 16.8 Å². The third-order valence-electron chi connectivity index (χ3n) is 2.59. The monoisotopic (exact) mass is 329 g/mol.